The molecule has 0 amide bonds. The first-order valence-corrected chi connectivity index (χ1v) is 6.99. The minimum absolute atomic E-state index is 0. The molecule has 0 bridgehead atoms. The van der Waals surface area contributed by atoms with Crippen molar-refractivity contribution >= 4 is 29.9 Å². The molecule has 3 nitrogen and oxygen atoms in total. The molecule has 4 heteroatoms. The zero-order chi connectivity index (χ0) is 12.9. The summed E-state index contributed by atoms with van der Waals surface area (Å²) in [5.74, 6) is 0.719. The predicted molar refractivity (Wildman–Crippen MR) is 90.6 cm³/mol. The molecule has 0 aromatic heterocycles. The van der Waals surface area contributed by atoms with Gasteiger partial charge in [0, 0.05) is 19.6 Å². The van der Waals surface area contributed by atoms with E-state index in [1.54, 1.807) is 0 Å². The van der Waals surface area contributed by atoms with Gasteiger partial charge in [0.15, 0.2) is 5.96 Å². The second-order valence-electron chi connectivity index (χ2n) is 6.14. The van der Waals surface area contributed by atoms with Gasteiger partial charge in [-0.3, -0.25) is 4.99 Å². The topological polar surface area (TPSA) is 41.6 Å². The maximum absolute atomic E-state index is 6.00. The number of rotatable bonds is 7. The van der Waals surface area contributed by atoms with Crippen LogP contribution in [0.15, 0.2) is 4.99 Å². The lowest BCUT2D eigenvalue weighted by Crippen LogP contribution is -2.36. The smallest absolute Gasteiger partial charge is 0.191 e. The van der Waals surface area contributed by atoms with Crippen LogP contribution in [0.2, 0.25) is 0 Å². The molecule has 1 rings (SSSR count). The van der Waals surface area contributed by atoms with Gasteiger partial charge in [-0.15, -0.1) is 24.0 Å². The third-order valence-corrected chi connectivity index (χ3v) is 3.58. The Bertz CT molecular complexity index is 260. The first kappa shape index (κ1) is 18.0. The third-order valence-electron chi connectivity index (χ3n) is 3.58. The Morgan fingerprint density at radius 2 is 1.94 bits per heavy atom. The van der Waals surface area contributed by atoms with E-state index in [0.717, 1.165) is 12.5 Å². The number of nitrogens with zero attached hydrogens (tertiary/aromatic N) is 2. The van der Waals surface area contributed by atoms with Gasteiger partial charge in [-0.1, -0.05) is 40.0 Å². The van der Waals surface area contributed by atoms with Crippen LogP contribution in [0.5, 0.6) is 0 Å². The molecular formula is C14H30IN3. The summed E-state index contributed by atoms with van der Waals surface area (Å²) in [5.41, 5.74) is 6.28. The monoisotopic (exact) mass is 367 g/mol. The number of guanidine groups is 1. The van der Waals surface area contributed by atoms with Crippen LogP contribution in [-0.2, 0) is 0 Å². The Balaban J connectivity index is 0.00000289. The summed E-state index contributed by atoms with van der Waals surface area (Å²) in [7, 11) is 2.06. The summed E-state index contributed by atoms with van der Waals surface area (Å²) >= 11 is 0. The van der Waals surface area contributed by atoms with E-state index in [9.17, 15) is 0 Å². The maximum Gasteiger partial charge on any atom is 0.191 e. The average molecular weight is 367 g/mol. The zero-order valence-electron chi connectivity index (χ0n) is 12.4. The van der Waals surface area contributed by atoms with E-state index in [1.807, 2.05) is 0 Å². The van der Waals surface area contributed by atoms with Gasteiger partial charge < -0.3 is 10.6 Å². The van der Waals surface area contributed by atoms with Gasteiger partial charge in [0.2, 0.25) is 0 Å². The van der Waals surface area contributed by atoms with E-state index >= 15 is 0 Å². The lowest BCUT2D eigenvalue weighted by Gasteiger charge is -2.24. The van der Waals surface area contributed by atoms with Crippen LogP contribution < -0.4 is 5.73 Å². The largest absolute Gasteiger partial charge is 0.370 e. The Morgan fingerprint density at radius 1 is 1.33 bits per heavy atom. The van der Waals surface area contributed by atoms with Crippen LogP contribution in [0.4, 0.5) is 0 Å². The molecule has 1 aliphatic carbocycles. The van der Waals surface area contributed by atoms with E-state index in [2.05, 4.69) is 37.7 Å². The van der Waals surface area contributed by atoms with Crippen molar-refractivity contribution in [2.75, 3.05) is 13.6 Å². The lowest BCUT2D eigenvalue weighted by molar-refractivity contribution is 0.331. The van der Waals surface area contributed by atoms with Crippen molar-refractivity contribution in [3.63, 3.8) is 0 Å². The normalized spacial score (nSPS) is 16.3. The second-order valence-corrected chi connectivity index (χ2v) is 6.14. The van der Waals surface area contributed by atoms with Crippen LogP contribution in [0.1, 0.15) is 59.3 Å². The van der Waals surface area contributed by atoms with Crippen molar-refractivity contribution in [2.24, 2.45) is 16.1 Å². The molecule has 0 spiro atoms. The van der Waals surface area contributed by atoms with Crippen LogP contribution in [0.3, 0.4) is 0 Å². The summed E-state index contributed by atoms with van der Waals surface area (Å²) in [6.07, 6.45) is 7.69. The van der Waals surface area contributed by atoms with E-state index in [4.69, 9.17) is 5.73 Å². The molecule has 1 aliphatic rings. The molecule has 0 saturated heterocycles. The van der Waals surface area contributed by atoms with Gasteiger partial charge in [0.1, 0.15) is 0 Å². The number of hydrogen-bond acceptors (Lipinski definition) is 1. The number of unbranched alkanes of at least 4 members (excludes halogenated alkanes) is 2. The molecule has 0 atom stereocenters. The van der Waals surface area contributed by atoms with E-state index in [-0.39, 0.29) is 29.4 Å². The van der Waals surface area contributed by atoms with Gasteiger partial charge >= 0.3 is 0 Å². The van der Waals surface area contributed by atoms with Crippen molar-refractivity contribution < 1.29 is 0 Å². The quantitative estimate of drug-likeness (QED) is 0.323. The number of hydrogen-bond donors (Lipinski definition) is 1. The van der Waals surface area contributed by atoms with Gasteiger partial charge in [-0.25, -0.2) is 0 Å². The summed E-state index contributed by atoms with van der Waals surface area (Å²) < 4.78 is 0. The molecule has 0 aromatic rings. The molecule has 0 aromatic carbocycles. The Labute approximate surface area is 130 Å². The molecule has 0 aliphatic heterocycles. The third kappa shape index (κ3) is 6.81. The van der Waals surface area contributed by atoms with E-state index < -0.39 is 0 Å². The fraction of sp³-hybridized carbons (Fsp3) is 0.929. The van der Waals surface area contributed by atoms with Crippen molar-refractivity contribution in [2.45, 2.75) is 65.3 Å². The van der Waals surface area contributed by atoms with Crippen molar-refractivity contribution in [1.29, 1.82) is 0 Å². The number of halogens is 1. The molecule has 18 heavy (non-hydrogen) atoms. The fourth-order valence-corrected chi connectivity index (χ4v) is 1.99. The molecular weight excluding hydrogens is 337 g/mol. The highest BCUT2D eigenvalue weighted by Crippen LogP contribution is 2.26. The van der Waals surface area contributed by atoms with Gasteiger partial charge in [-0.05, 0) is 24.7 Å². The van der Waals surface area contributed by atoms with Gasteiger partial charge in [0.05, 0.1) is 0 Å². The summed E-state index contributed by atoms with van der Waals surface area (Å²) in [6.45, 7) is 7.67. The summed E-state index contributed by atoms with van der Waals surface area (Å²) in [5, 5.41) is 0. The van der Waals surface area contributed by atoms with Crippen LogP contribution >= 0.6 is 24.0 Å². The zero-order valence-corrected chi connectivity index (χ0v) is 14.7. The molecule has 0 heterocycles. The second kappa shape index (κ2) is 8.23. The fourth-order valence-electron chi connectivity index (χ4n) is 1.99. The Morgan fingerprint density at radius 3 is 2.44 bits per heavy atom. The first-order chi connectivity index (χ1) is 7.96. The minimum atomic E-state index is 0. The minimum Gasteiger partial charge on any atom is -0.370 e. The number of nitrogens with two attached hydrogens (primary N) is 1. The molecule has 0 radical (unpaired) electrons. The molecule has 0 unspecified atom stereocenters. The summed E-state index contributed by atoms with van der Waals surface area (Å²) in [4.78, 5) is 6.68. The van der Waals surface area contributed by atoms with Crippen molar-refractivity contribution in [3.8, 4) is 0 Å². The predicted octanol–water partition coefficient (Wildman–Crippen LogP) is 3.62. The van der Waals surface area contributed by atoms with Crippen LogP contribution in [0, 0.1) is 5.41 Å². The summed E-state index contributed by atoms with van der Waals surface area (Å²) in [6, 6.07) is 0.655. The van der Waals surface area contributed by atoms with Gasteiger partial charge in [-0.2, -0.15) is 0 Å². The maximum atomic E-state index is 6.00. The van der Waals surface area contributed by atoms with Crippen LogP contribution in [-0.4, -0.2) is 30.5 Å². The molecule has 1 fully saturated rings. The van der Waals surface area contributed by atoms with E-state index in [1.165, 1.54) is 38.5 Å². The standard InChI is InChI=1S/C14H29N3.HI/c1-5-6-7-10-14(2,3)11-16-13(15)17(4)12-8-9-12;/h12H,5-11H2,1-4H3,(H2,15,16);1H. The van der Waals surface area contributed by atoms with Crippen molar-refractivity contribution in [3.05, 3.63) is 0 Å². The van der Waals surface area contributed by atoms with Crippen molar-refractivity contribution in [1.82, 2.24) is 4.90 Å². The average Bonchev–Trinajstić information content (AvgIpc) is 3.09. The highest BCUT2D eigenvalue weighted by Gasteiger charge is 2.27. The molecule has 1 saturated carbocycles. The highest BCUT2D eigenvalue weighted by atomic mass is 127. The van der Waals surface area contributed by atoms with Gasteiger partial charge in [0.25, 0.3) is 0 Å². The Kier molecular flexibility index (Phi) is 8.23. The number of aliphatic imine (C=N–C) groups is 1. The highest BCUT2D eigenvalue weighted by molar-refractivity contribution is 14.0. The van der Waals surface area contributed by atoms with E-state index in [0.29, 0.717) is 6.04 Å². The van der Waals surface area contributed by atoms with Crippen LogP contribution in [0.25, 0.3) is 0 Å². The molecule has 2 N–H and O–H groups in total. The first-order valence-electron chi connectivity index (χ1n) is 6.99. The SMILES string of the molecule is CCCCCC(C)(C)CN=C(N)N(C)C1CC1.I. The molecule has 108 valence electrons. The lowest BCUT2D eigenvalue weighted by atomic mass is 9.87. The Hall–Kier alpha value is 0.